The fraction of sp³-hybridized carbons (Fsp3) is 0.333. The van der Waals surface area contributed by atoms with Crippen molar-refractivity contribution in [1.82, 2.24) is 9.62 Å². The van der Waals surface area contributed by atoms with E-state index < -0.39 is 23.6 Å². The van der Waals surface area contributed by atoms with Crippen LogP contribution in [-0.2, 0) is 12.1 Å². The topological polar surface area (TPSA) is 15.3 Å². The molecule has 7 heteroatoms. The zero-order chi connectivity index (χ0) is 24.6. The monoisotopic (exact) mass is 490 g/mol. The van der Waals surface area contributed by atoms with E-state index >= 15 is 0 Å². The Bertz CT molecular complexity index is 998. The number of hydrogen-bond donors (Lipinski definition) is 1. The number of hydrogen-bond acceptors (Lipinski definition) is 3. The average molecular weight is 491 g/mol. The molecule has 0 spiro atoms. The van der Waals surface area contributed by atoms with E-state index in [0.717, 1.165) is 50.4 Å². The quantitative estimate of drug-likeness (QED) is 0.288. The van der Waals surface area contributed by atoms with Crippen LogP contribution in [0.3, 0.4) is 0 Å². The van der Waals surface area contributed by atoms with Crippen LogP contribution < -0.4 is 4.72 Å². The van der Waals surface area contributed by atoms with Gasteiger partial charge in [-0.2, -0.15) is 0 Å². The number of nitrogens with one attached hydrogen (secondary N) is 1. The summed E-state index contributed by atoms with van der Waals surface area (Å²) in [7, 11) is 0. The minimum Gasteiger partial charge on any atom is -0.299 e. The van der Waals surface area contributed by atoms with Gasteiger partial charge < -0.3 is 0 Å². The third-order valence-electron chi connectivity index (χ3n) is 5.76. The fourth-order valence-electron chi connectivity index (χ4n) is 3.98. The van der Waals surface area contributed by atoms with Crippen LogP contribution in [0.25, 0.3) is 0 Å². The Hall–Kier alpha value is -2.35. The summed E-state index contributed by atoms with van der Waals surface area (Å²) in [5, 5.41) is 0. The number of nitrogens with zero attached hydrogens (tertiary/aromatic N) is 1. The van der Waals surface area contributed by atoms with Gasteiger partial charge in [0.05, 0.1) is 5.54 Å². The van der Waals surface area contributed by atoms with Crippen molar-refractivity contribution in [3.8, 4) is 0 Å². The van der Waals surface area contributed by atoms with Gasteiger partial charge in [-0.05, 0) is 74.0 Å². The molecule has 182 valence electrons. The number of benzene rings is 3. The van der Waals surface area contributed by atoms with Gasteiger partial charge in [0, 0.05) is 30.6 Å². The maximum absolute atomic E-state index is 14.0. The normalized spacial score (nSPS) is 15.6. The zero-order valence-electron chi connectivity index (χ0n) is 19.4. The molecule has 3 aromatic carbocycles. The lowest BCUT2D eigenvalue weighted by Crippen LogP contribution is -2.48. The summed E-state index contributed by atoms with van der Waals surface area (Å²) in [5.74, 6) is -1.06. The highest BCUT2D eigenvalue weighted by Gasteiger charge is 2.37. The number of halogens is 4. The third-order valence-corrected chi connectivity index (χ3v) is 6.76. The molecule has 2 nitrogen and oxygen atoms in total. The van der Waals surface area contributed by atoms with Gasteiger partial charge in [0.25, 0.3) is 0 Å². The van der Waals surface area contributed by atoms with Gasteiger partial charge >= 0.3 is 0 Å². The van der Waals surface area contributed by atoms with E-state index in [2.05, 4.69) is 65.1 Å². The van der Waals surface area contributed by atoms with E-state index in [-0.39, 0.29) is 0 Å². The molecule has 0 radical (unpaired) electrons. The number of aryl methyl sites for hydroxylation is 1. The van der Waals surface area contributed by atoms with Gasteiger partial charge in [-0.15, -0.1) is 0 Å². The highest BCUT2D eigenvalue weighted by molar-refractivity contribution is 7.97. The second-order valence-electron chi connectivity index (χ2n) is 8.54. The first-order valence-corrected chi connectivity index (χ1v) is 12.1. The van der Waals surface area contributed by atoms with E-state index in [1.165, 1.54) is 35.2 Å². The van der Waals surface area contributed by atoms with Gasteiger partial charge in [-0.3, -0.25) is 4.90 Å². The Morgan fingerprint density at radius 2 is 1.47 bits per heavy atom. The molecule has 1 heterocycles. The lowest BCUT2D eigenvalue weighted by atomic mass is 9.81. The molecular weight excluding hydrogens is 460 g/mol. The van der Waals surface area contributed by atoms with Crippen LogP contribution in [0.5, 0.6) is 0 Å². The molecule has 4 rings (SSSR count). The second-order valence-corrected chi connectivity index (χ2v) is 9.42. The van der Waals surface area contributed by atoms with E-state index in [1.54, 1.807) is 0 Å². The number of alkyl halides is 2. The predicted molar refractivity (Wildman–Crippen MR) is 131 cm³/mol. The fourth-order valence-corrected chi connectivity index (χ4v) is 4.88. The minimum atomic E-state index is -2.17. The van der Waals surface area contributed by atoms with Crippen molar-refractivity contribution in [3.63, 3.8) is 0 Å². The third kappa shape index (κ3) is 7.86. The largest absolute Gasteiger partial charge is 0.299 e. The Kier molecular flexibility index (Phi) is 9.56. The number of likely N-dealkylation sites (tertiary alicyclic amines) is 1. The van der Waals surface area contributed by atoms with E-state index in [9.17, 15) is 17.6 Å². The molecule has 1 fully saturated rings. The van der Waals surface area contributed by atoms with Crippen LogP contribution in [0.2, 0.25) is 0 Å². The maximum Gasteiger partial charge on any atom is 0.235 e. The zero-order valence-corrected chi connectivity index (χ0v) is 20.2. The lowest BCUT2D eigenvalue weighted by molar-refractivity contribution is 0.146. The van der Waals surface area contributed by atoms with Gasteiger partial charge in [-0.25, -0.2) is 22.3 Å². The predicted octanol–water partition coefficient (Wildman–Crippen LogP) is 7.33. The SMILES string of the molecule is CC(F)F.Cc1ccc(SNC2(c3cc(F)cc(F)c3)CCN(Cc3ccccc3)CC2)cc1. The van der Waals surface area contributed by atoms with E-state index in [1.807, 2.05) is 6.07 Å². The van der Waals surface area contributed by atoms with Gasteiger partial charge in [-0.1, -0.05) is 48.0 Å². The molecule has 1 aliphatic rings. The summed E-state index contributed by atoms with van der Waals surface area (Å²) >= 11 is 1.53. The Morgan fingerprint density at radius 1 is 0.912 bits per heavy atom. The summed E-state index contributed by atoms with van der Waals surface area (Å²) in [6.45, 7) is 5.49. The molecule has 0 unspecified atom stereocenters. The van der Waals surface area contributed by atoms with Crippen molar-refractivity contribution in [2.45, 2.75) is 50.1 Å². The van der Waals surface area contributed by atoms with Crippen molar-refractivity contribution >= 4 is 11.9 Å². The highest BCUT2D eigenvalue weighted by atomic mass is 32.2. The first-order valence-electron chi connectivity index (χ1n) is 11.3. The van der Waals surface area contributed by atoms with Gasteiger partial charge in [0.15, 0.2) is 0 Å². The summed E-state index contributed by atoms with van der Waals surface area (Å²) in [6, 6.07) is 22.6. The van der Waals surface area contributed by atoms with Gasteiger partial charge in [0.2, 0.25) is 6.43 Å². The van der Waals surface area contributed by atoms with Crippen LogP contribution in [0.15, 0.2) is 77.7 Å². The summed E-state index contributed by atoms with van der Waals surface area (Å²) in [5.41, 5.74) is 2.68. The molecule has 0 aliphatic carbocycles. The molecule has 34 heavy (non-hydrogen) atoms. The van der Waals surface area contributed by atoms with E-state index in [4.69, 9.17) is 0 Å². The van der Waals surface area contributed by atoms with Crippen LogP contribution in [0.1, 0.15) is 36.5 Å². The molecule has 0 saturated carbocycles. The molecule has 0 amide bonds. The standard InChI is InChI=1S/C25H26F2N2S.C2H4F2/c1-19-7-9-24(10-8-19)30-28-25(21-15-22(26)17-23(27)16-21)11-13-29(14-12-25)18-20-5-3-2-4-6-20;1-2(3)4/h2-10,15-17,28H,11-14,18H2,1H3;2H,1H3. The van der Waals surface area contributed by atoms with Crippen molar-refractivity contribution in [1.29, 1.82) is 0 Å². The molecule has 1 N–H and O–H groups in total. The first-order chi connectivity index (χ1) is 16.3. The molecule has 0 bridgehead atoms. The summed E-state index contributed by atoms with van der Waals surface area (Å²) < 4.78 is 52.3. The molecule has 1 saturated heterocycles. The molecule has 0 aromatic heterocycles. The van der Waals surface area contributed by atoms with Crippen molar-refractivity contribution in [3.05, 3.63) is 101 Å². The second kappa shape index (κ2) is 12.4. The minimum absolute atomic E-state index is 0.480. The van der Waals surface area contributed by atoms with Crippen molar-refractivity contribution < 1.29 is 17.6 Å². The molecule has 3 aromatic rings. The number of rotatable bonds is 6. The lowest BCUT2D eigenvalue weighted by Gasteiger charge is -2.42. The van der Waals surface area contributed by atoms with E-state index in [0.29, 0.717) is 5.56 Å². The average Bonchev–Trinajstić information content (AvgIpc) is 2.79. The van der Waals surface area contributed by atoms with Crippen molar-refractivity contribution in [2.75, 3.05) is 13.1 Å². The van der Waals surface area contributed by atoms with Gasteiger partial charge in [0.1, 0.15) is 11.6 Å². The Morgan fingerprint density at radius 3 is 2.03 bits per heavy atom. The van der Waals surface area contributed by atoms with Crippen molar-refractivity contribution in [2.24, 2.45) is 0 Å². The van der Waals surface area contributed by atoms with Crippen LogP contribution in [0.4, 0.5) is 17.6 Å². The first kappa shape index (κ1) is 26.3. The summed E-state index contributed by atoms with van der Waals surface area (Å²) in [4.78, 5) is 3.49. The maximum atomic E-state index is 14.0. The van der Waals surface area contributed by atoms with Crippen LogP contribution >= 0.6 is 11.9 Å². The molecule has 1 aliphatic heterocycles. The summed E-state index contributed by atoms with van der Waals surface area (Å²) in [6.07, 6.45) is -0.608. The van der Waals surface area contributed by atoms with Crippen LogP contribution in [-0.4, -0.2) is 24.4 Å². The molecular formula is C27H30F4N2S. The number of piperidine rings is 1. The highest BCUT2D eigenvalue weighted by Crippen LogP contribution is 2.37. The smallest absolute Gasteiger partial charge is 0.235 e. The molecule has 0 atom stereocenters. The Balaban J connectivity index is 0.000000751. The van der Waals surface area contributed by atoms with Crippen LogP contribution in [0, 0.1) is 18.6 Å². The Labute approximate surface area is 203 Å².